The number of fused-ring (bicyclic) bond motifs is 1. The highest BCUT2D eigenvalue weighted by atomic mass is 35.5. The summed E-state index contributed by atoms with van der Waals surface area (Å²) < 4.78 is 0. The number of benzene rings is 1. The van der Waals surface area contributed by atoms with Crippen LogP contribution in [0.1, 0.15) is 25.3 Å². The molecule has 1 N–H and O–H groups in total. The number of hydrogen-bond acceptors (Lipinski definition) is 3. The minimum Gasteiger partial charge on any atom is -0.337 e. The molecule has 126 valence electrons. The van der Waals surface area contributed by atoms with E-state index in [0.29, 0.717) is 6.04 Å². The van der Waals surface area contributed by atoms with Crippen molar-refractivity contribution in [1.82, 2.24) is 20.0 Å². The largest absolute Gasteiger partial charge is 0.337 e. The van der Waals surface area contributed by atoms with Crippen LogP contribution in [0.25, 0.3) is 11.3 Å². The van der Waals surface area contributed by atoms with E-state index < -0.39 is 0 Å². The first-order valence-corrected chi connectivity index (χ1v) is 8.84. The number of carbonyl (C=O) groups excluding carboxylic acids is 1. The second-order valence-electron chi connectivity index (χ2n) is 6.71. The molecule has 2 aliphatic rings. The molecule has 3 heterocycles. The van der Waals surface area contributed by atoms with Crippen molar-refractivity contribution in [2.45, 2.75) is 38.4 Å². The Bertz CT molecular complexity index is 742. The summed E-state index contributed by atoms with van der Waals surface area (Å²) in [6.45, 7) is 4.60. The first kappa shape index (κ1) is 15.7. The number of aromatic amines is 1. The molecule has 0 saturated carbocycles. The average molecular weight is 345 g/mol. The van der Waals surface area contributed by atoms with Gasteiger partial charge in [0.15, 0.2) is 0 Å². The Balaban J connectivity index is 1.56. The van der Waals surface area contributed by atoms with E-state index in [9.17, 15) is 4.79 Å². The lowest BCUT2D eigenvalue weighted by molar-refractivity contribution is -0.143. The predicted molar refractivity (Wildman–Crippen MR) is 93.6 cm³/mol. The molecule has 0 unspecified atom stereocenters. The van der Waals surface area contributed by atoms with Crippen LogP contribution in [0, 0.1) is 0 Å². The van der Waals surface area contributed by atoms with Gasteiger partial charge in [-0.2, -0.15) is 5.10 Å². The van der Waals surface area contributed by atoms with E-state index in [4.69, 9.17) is 11.6 Å². The number of hydrogen-bond donors (Lipinski definition) is 1. The van der Waals surface area contributed by atoms with Crippen LogP contribution in [0.2, 0.25) is 5.02 Å². The number of aromatic nitrogens is 2. The fraction of sp³-hybridized carbons (Fsp3) is 0.444. The van der Waals surface area contributed by atoms with Gasteiger partial charge in [-0.05, 0) is 37.5 Å². The molecule has 2 saturated heterocycles. The Labute approximate surface area is 146 Å². The summed E-state index contributed by atoms with van der Waals surface area (Å²) in [7, 11) is 0. The molecule has 5 nitrogen and oxygen atoms in total. The number of carbonyl (C=O) groups is 1. The molecular weight excluding hydrogens is 324 g/mol. The molecule has 24 heavy (non-hydrogen) atoms. The van der Waals surface area contributed by atoms with Crippen molar-refractivity contribution in [2.75, 3.05) is 13.1 Å². The zero-order valence-corrected chi connectivity index (χ0v) is 14.5. The fourth-order valence-corrected chi connectivity index (χ4v) is 3.98. The molecule has 2 aromatic rings. The van der Waals surface area contributed by atoms with Gasteiger partial charge in [-0.15, -0.1) is 0 Å². The van der Waals surface area contributed by atoms with E-state index >= 15 is 0 Å². The molecule has 6 heteroatoms. The summed E-state index contributed by atoms with van der Waals surface area (Å²) in [6, 6.07) is 8.04. The lowest BCUT2D eigenvalue weighted by Gasteiger charge is -2.41. The van der Waals surface area contributed by atoms with Gasteiger partial charge >= 0.3 is 0 Å². The zero-order valence-electron chi connectivity index (χ0n) is 13.7. The Hall–Kier alpha value is -1.85. The van der Waals surface area contributed by atoms with E-state index in [2.05, 4.69) is 20.0 Å². The quantitative estimate of drug-likeness (QED) is 0.931. The summed E-state index contributed by atoms with van der Waals surface area (Å²) in [4.78, 5) is 16.9. The van der Waals surface area contributed by atoms with E-state index in [0.717, 1.165) is 54.3 Å². The molecule has 0 aliphatic carbocycles. The van der Waals surface area contributed by atoms with Crippen LogP contribution in [-0.2, 0) is 11.3 Å². The maximum absolute atomic E-state index is 12.6. The van der Waals surface area contributed by atoms with Gasteiger partial charge < -0.3 is 4.90 Å². The Kier molecular flexibility index (Phi) is 4.06. The molecular formula is C18H21ClN4O. The van der Waals surface area contributed by atoms with Gasteiger partial charge in [0, 0.05) is 36.3 Å². The van der Waals surface area contributed by atoms with E-state index in [1.165, 1.54) is 0 Å². The Morgan fingerprint density at radius 2 is 2.12 bits per heavy atom. The van der Waals surface area contributed by atoms with Gasteiger partial charge in [0.1, 0.15) is 0 Å². The van der Waals surface area contributed by atoms with Crippen LogP contribution in [0.5, 0.6) is 0 Å². The average Bonchev–Trinajstić information content (AvgIpc) is 3.22. The van der Waals surface area contributed by atoms with Gasteiger partial charge in [-0.3, -0.25) is 14.8 Å². The third-order valence-electron chi connectivity index (χ3n) is 5.23. The van der Waals surface area contributed by atoms with Gasteiger partial charge in [0.05, 0.1) is 17.9 Å². The van der Waals surface area contributed by atoms with Crippen molar-refractivity contribution in [1.29, 1.82) is 0 Å². The van der Waals surface area contributed by atoms with Crippen molar-refractivity contribution in [2.24, 2.45) is 0 Å². The van der Waals surface area contributed by atoms with Crippen LogP contribution in [0.15, 0.2) is 30.5 Å². The number of H-pyrrole nitrogens is 1. The molecule has 1 aromatic heterocycles. The standard InChI is InChI=1S/C18H21ClN4O/c1-12-18(24)23-8-2-3-16(23)11-22(12)10-14-9-20-21-17(14)13-4-6-15(19)7-5-13/h4-7,9,12,16H,2-3,8,10-11H2,1H3,(H,20,21)/t12-,16+/m1/s1. The summed E-state index contributed by atoms with van der Waals surface area (Å²) in [5.74, 6) is 0.264. The Morgan fingerprint density at radius 3 is 2.92 bits per heavy atom. The second kappa shape index (κ2) is 6.22. The highest BCUT2D eigenvalue weighted by Gasteiger charge is 2.40. The van der Waals surface area contributed by atoms with Gasteiger partial charge in [-0.1, -0.05) is 23.7 Å². The van der Waals surface area contributed by atoms with Crippen molar-refractivity contribution >= 4 is 17.5 Å². The van der Waals surface area contributed by atoms with Crippen LogP contribution < -0.4 is 0 Å². The molecule has 0 radical (unpaired) electrons. The van der Waals surface area contributed by atoms with Crippen LogP contribution in [0.4, 0.5) is 0 Å². The van der Waals surface area contributed by atoms with Gasteiger partial charge in [0.2, 0.25) is 5.91 Å². The number of nitrogens with one attached hydrogen (secondary N) is 1. The predicted octanol–water partition coefficient (Wildman–Crippen LogP) is 2.93. The minimum atomic E-state index is -0.0766. The zero-order chi connectivity index (χ0) is 16.7. The summed E-state index contributed by atoms with van der Waals surface area (Å²) in [5.41, 5.74) is 3.17. The fourth-order valence-electron chi connectivity index (χ4n) is 3.86. The van der Waals surface area contributed by atoms with Gasteiger partial charge in [-0.25, -0.2) is 0 Å². The SMILES string of the molecule is C[C@@H]1C(=O)N2CCC[C@H]2CN1Cc1cn[nH]c1-c1ccc(Cl)cc1. The molecule has 4 rings (SSSR count). The number of rotatable bonds is 3. The third kappa shape index (κ3) is 2.72. The van der Waals surface area contributed by atoms with E-state index in [1.807, 2.05) is 37.4 Å². The lowest BCUT2D eigenvalue weighted by atomic mass is 10.0. The highest BCUT2D eigenvalue weighted by Crippen LogP contribution is 2.29. The summed E-state index contributed by atoms with van der Waals surface area (Å²) >= 11 is 5.98. The first-order chi connectivity index (χ1) is 11.6. The van der Waals surface area contributed by atoms with Crippen molar-refractivity contribution in [3.8, 4) is 11.3 Å². The Morgan fingerprint density at radius 1 is 1.33 bits per heavy atom. The van der Waals surface area contributed by atoms with Crippen LogP contribution in [-0.4, -0.2) is 51.1 Å². The van der Waals surface area contributed by atoms with Crippen molar-refractivity contribution < 1.29 is 4.79 Å². The van der Waals surface area contributed by atoms with Crippen molar-refractivity contribution in [3.05, 3.63) is 41.0 Å². The van der Waals surface area contributed by atoms with Gasteiger partial charge in [0.25, 0.3) is 0 Å². The second-order valence-corrected chi connectivity index (χ2v) is 7.15. The molecule has 1 aromatic carbocycles. The molecule has 0 bridgehead atoms. The smallest absolute Gasteiger partial charge is 0.239 e. The summed E-state index contributed by atoms with van der Waals surface area (Å²) in [5, 5.41) is 8.02. The molecule has 2 aliphatic heterocycles. The van der Waals surface area contributed by atoms with E-state index in [-0.39, 0.29) is 11.9 Å². The first-order valence-electron chi connectivity index (χ1n) is 8.46. The summed E-state index contributed by atoms with van der Waals surface area (Å²) in [6.07, 6.45) is 4.10. The number of amides is 1. The van der Waals surface area contributed by atoms with Crippen LogP contribution >= 0.6 is 11.6 Å². The molecule has 2 fully saturated rings. The van der Waals surface area contributed by atoms with Crippen molar-refractivity contribution in [3.63, 3.8) is 0 Å². The van der Waals surface area contributed by atoms with Crippen LogP contribution in [0.3, 0.4) is 0 Å². The maximum atomic E-state index is 12.6. The lowest BCUT2D eigenvalue weighted by Crippen LogP contribution is -2.58. The highest BCUT2D eigenvalue weighted by molar-refractivity contribution is 6.30. The number of halogens is 1. The monoisotopic (exact) mass is 344 g/mol. The normalized spacial score (nSPS) is 24.4. The maximum Gasteiger partial charge on any atom is 0.239 e. The third-order valence-corrected chi connectivity index (χ3v) is 5.49. The van der Waals surface area contributed by atoms with E-state index in [1.54, 1.807) is 0 Å². The molecule has 1 amide bonds. The number of nitrogens with zero attached hydrogens (tertiary/aromatic N) is 3. The topological polar surface area (TPSA) is 52.2 Å². The molecule has 0 spiro atoms. The minimum absolute atomic E-state index is 0.0766. The number of piperazine rings is 1. The molecule has 2 atom stereocenters.